The van der Waals surface area contributed by atoms with Gasteiger partial charge in [0.1, 0.15) is 0 Å². The van der Waals surface area contributed by atoms with Crippen molar-refractivity contribution in [1.82, 2.24) is 4.90 Å². The molecule has 0 heterocycles. The van der Waals surface area contributed by atoms with Crippen LogP contribution < -0.4 is 0 Å². The van der Waals surface area contributed by atoms with Gasteiger partial charge in [-0.3, -0.25) is 9.69 Å². The number of allylic oxidation sites excluding steroid dienone is 4. The van der Waals surface area contributed by atoms with Crippen molar-refractivity contribution in [3.63, 3.8) is 0 Å². The molecule has 0 saturated heterocycles. The van der Waals surface area contributed by atoms with Gasteiger partial charge in [-0.15, -0.1) is 0 Å². The molecule has 1 saturated carbocycles. The molecule has 46 heavy (non-hydrogen) atoms. The van der Waals surface area contributed by atoms with Gasteiger partial charge in [-0.25, -0.2) is 0 Å². The molecule has 3 aliphatic rings. The van der Waals surface area contributed by atoms with Crippen molar-refractivity contribution in [3.8, 4) is 0 Å². The predicted octanol–water partition coefficient (Wildman–Crippen LogP) is 14.8. The van der Waals surface area contributed by atoms with Gasteiger partial charge in [0.15, 0.2) is 0 Å². The molecule has 3 unspecified atom stereocenters. The fraction of sp³-hybridized carbons (Fsp3) is 0.886. The standard InChI is InChI=1S/C44H79NO/c1-5-39-33-27-21-18-22-28-34-40(6-2)43(39)45(44(46)41-35-29-23-16-13-12-14-19-25-31-37(41)3)42-36-30-24-17-11-9-7-8-10-15-20-26-32-38(42)4/h37,39,41H,5-36H2,1-4H3/b42-38+,43-40+. The summed E-state index contributed by atoms with van der Waals surface area (Å²) in [5.41, 5.74) is 6.12. The summed E-state index contributed by atoms with van der Waals surface area (Å²) in [4.78, 5) is 18.2. The highest BCUT2D eigenvalue weighted by molar-refractivity contribution is 5.83. The van der Waals surface area contributed by atoms with Crippen LogP contribution in [0.3, 0.4) is 0 Å². The van der Waals surface area contributed by atoms with Gasteiger partial charge in [0, 0.05) is 17.3 Å². The highest BCUT2D eigenvalue weighted by Gasteiger charge is 2.36. The first-order valence-corrected chi connectivity index (χ1v) is 21.3. The number of nitrogens with zero attached hydrogens (tertiary/aromatic N) is 1. The minimum Gasteiger partial charge on any atom is -0.288 e. The highest BCUT2D eigenvalue weighted by Crippen LogP contribution is 2.40. The van der Waals surface area contributed by atoms with Crippen LogP contribution in [0.5, 0.6) is 0 Å². The number of rotatable bonds is 5. The maximum atomic E-state index is 15.6. The molecule has 3 rings (SSSR count). The molecule has 0 aromatic rings. The Balaban J connectivity index is 2.12. The quantitative estimate of drug-likeness (QED) is 0.294. The summed E-state index contributed by atoms with van der Waals surface area (Å²) in [6.45, 7) is 9.70. The van der Waals surface area contributed by atoms with Gasteiger partial charge < -0.3 is 0 Å². The lowest BCUT2D eigenvalue weighted by atomic mass is 9.81. The van der Waals surface area contributed by atoms with Crippen LogP contribution in [0.15, 0.2) is 22.5 Å². The molecule has 0 bridgehead atoms. The van der Waals surface area contributed by atoms with Crippen molar-refractivity contribution in [1.29, 1.82) is 0 Å². The Bertz CT molecular complexity index is 882. The lowest BCUT2D eigenvalue weighted by molar-refractivity contribution is -0.134. The summed E-state index contributed by atoms with van der Waals surface area (Å²) < 4.78 is 0. The highest BCUT2D eigenvalue weighted by atomic mass is 16.2. The minimum atomic E-state index is 0.162. The van der Waals surface area contributed by atoms with Crippen molar-refractivity contribution in [2.24, 2.45) is 17.8 Å². The minimum absolute atomic E-state index is 0.162. The second-order valence-corrected chi connectivity index (χ2v) is 16.0. The molecular weight excluding hydrogens is 558 g/mol. The average molecular weight is 638 g/mol. The van der Waals surface area contributed by atoms with E-state index in [1.54, 1.807) is 11.1 Å². The lowest BCUT2D eigenvalue weighted by Crippen LogP contribution is -2.41. The fourth-order valence-corrected chi connectivity index (χ4v) is 9.15. The molecule has 0 spiro atoms. The van der Waals surface area contributed by atoms with Crippen LogP contribution in [0.1, 0.15) is 233 Å². The molecule has 0 aromatic heterocycles. The van der Waals surface area contributed by atoms with Crippen molar-refractivity contribution in [2.75, 3.05) is 0 Å². The van der Waals surface area contributed by atoms with Gasteiger partial charge >= 0.3 is 0 Å². The number of hydrogen-bond acceptors (Lipinski definition) is 1. The van der Waals surface area contributed by atoms with E-state index in [9.17, 15) is 0 Å². The zero-order valence-electron chi connectivity index (χ0n) is 31.7. The Morgan fingerprint density at radius 2 is 1.00 bits per heavy atom. The molecule has 3 atom stereocenters. The Labute approximate surface area is 288 Å². The van der Waals surface area contributed by atoms with E-state index in [0.29, 0.717) is 17.7 Å². The van der Waals surface area contributed by atoms with Crippen LogP contribution in [0.25, 0.3) is 0 Å². The van der Waals surface area contributed by atoms with Crippen LogP contribution in [-0.2, 0) is 4.79 Å². The maximum absolute atomic E-state index is 15.6. The summed E-state index contributed by atoms with van der Waals surface area (Å²) in [6.07, 6.45) is 41.7. The third-order valence-electron chi connectivity index (χ3n) is 12.3. The van der Waals surface area contributed by atoms with Gasteiger partial charge in [-0.1, -0.05) is 167 Å². The number of carbonyl (C=O) groups excluding carboxylic acids is 1. The van der Waals surface area contributed by atoms with E-state index in [4.69, 9.17) is 0 Å². The fourth-order valence-electron chi connectivity index (χ4n) is 9.15. The average Bonchev–Trinajstić information content (AvgIpc) is 3.06. The van der Waals surface area contributed by atoms with Crippen LogP contribution in [-0.4, -0.2) is 10.8 Å². The Morgan fingerprint density at radius 3 is 1.52 bits per heavy atom. The van der Waals surface area contributed by atoms with E-state index >= 15 is 4.79 Å². The normalized spacial score (nSPS) is 30.6. The summed E-state index contributed by atoms with van der Waals surface area (Å²) in [5, 5.41) is 0. The second kappa shape index (κ2) is 24.1. The molecule has 266 valence electrons. The van der Waals surface area contributed by atoms with E-state index < -0.39 is 0 Å². The summed E-state index contributed by atoms with van der Waals surface area (Å²) in [5.74, 6) is 1.65. The molecular formula is C44H79NO. The second-order valence-electron chi connectivity index (χ2n) is 16.0. The van der Waals surface area contributed by atoms with E-state index in [1.807, 2.05) is 0 Å². The molecule has 0 N–H and O–H groups in total. The van der Waals surface area contributed by atoms with E-state index in [2.05, 4.69) is 32.6 Å². The first kappa shape index (κ1) is 39.4. The van der Waals surface area contributed by atoms with Gasteiger partial charge in [0.2, 0.25) is 5.91 Å². The number of amides is 1. The molecule has 0 aliphatic heterocycles. The zero-order valence-corrected chi connectivity index (χ0v) is 31.7. The summed E-state index contributed by atoms with van der Waals surface area (Å²) in [6, 6.07) is 0. The Hall–Kier alpha value is -1.05. The van der Waals surface area contributed by atoms with Crippen LogP contribution >= 0.6 is 0 Å². The van der Waals surface area contributed by atoms with Crippen LogP contribution in [0.2, 0.25) is 0 Å². The van der Waals surface area contributed by atoms with Gasteiger partial charge in [-0.05, 0) is 89.4 Å². The molecule has 2 heteroatoms. The first-order chi connectivity index (χ1) is 22.6. The molecule has 0 aromatic carbocycles. The largest absolute Gasteiger partial charge is 0.288 e. The summed E-state index contributed by atoms with van der Waals surface area (Å²) >= 11 is 0. The topological polar surface area (TPSA) is 20.3 Å². The van der Waals surface area contributed by atoms with E-state index in [0.717, 1.165) is 25.7 Å². The number of hydrogen-bond donors (Lipinski definition) is 0. The van der Waals surface area contributed by atoms with E-state index in [-0.39, 0.29) is 5.92 Å². The Kier molecular flexibility index (Phi) is 20.7. The predicted molar refractivity (Wildman–Crippen MR) is 202 cm³/mol. The first-order valence-electron chi connectivity index (χ1n) is 21.3. The van der Waals surface area contributed by atoms with Crippen LogP contribution in [0.4, 0.5) is 0 Å². The van der Waals surface area contributed by atoms with Crippen LogP contribution in [0, 0.1) is 17.8 Å². The zero-order chi connectivity index (χ0) is 32.8. The van der Waals surface area contributed by atoms with Crippen molar-refractivity contribution >= 4 is 5.91 Å². The van der Waals surface area contributed by atoms with Crippen molar-refractivity contribution < 1.29 is 4.79 Å². The SMILES string of the molecule is CC/C1=C(\N(C(=O)C2CCCCCCCCCCC2C)/C2=C(\C)CCCCCCCCCCCCC2)C(CC)CCCCCCC1. The molecule has 1 amide bonds. The monoisotopic (exact) mass is 638 g/mol. The van der Waals surface area contributed by atoms with Crippen molar-refractivity contribution in [3.05, 3.63) is 22.5 Å². The third kappa shape index (κ3) is 13.8. The maximum Gasteiger partial charge on any atom is 0.234 e. The lowest BCUT2D eigenvalue weighted by Gasteiger charge is -2.40. The summed E-state index contributed by atoms with van der Waals surface area (Å²) in [7, 11) is 0. The molecule has 1 fully saturated rings. The molecule has 3 aliphatic carbocycles. The van der Waals surface area contributed by atoms with Gasteiger partial charge in [0.25, 0.3) is 0 Å². The van der Waals surface area contributed by atoms with E-state index in [1.165, 1.54) is 191 Å². The number of carbonyl (C=O) groups is 1. The molecule has 0 radical (unpaired) electrons. The third-order valence-corrected chi connectivity index (χ3v) is 12.3. The van der Waals surface area contributed by atoms with Crippen molar-refractivity contribution in [2.45, 2.75) is 233 Å². The smallest absolute Gasteiger partial charge is 0.234 e. The van der Waals surface area contributed by atoms with Gasteiger partial charge in [0.05, 0.1) is 0 Å². The van der Waals surface area contributed by atoms with Gasteiger partial charge in [-0.2, -0.15) is 0 Å². The molecule has 2 nitrogen and oxygen atoms in total. The Morgan fingerprint density at radius 1 is 0.565 bits per heavy atom.